The summed E-state index contributed by atoms with van der Waals surface area (Å²) in [5.74, 6) is 0. The van der Waals surface area contributed by atoms with Crippen molar-refractivity contribution in [3.05, 3.63) is 0 Å². The lowest BCUT2D eigenvalue weighted by Crippen LogP contribution is -2.47. The van der Waals surface area contributed by atoms with Crippen molar-refractivity contribution in [1.29, 1.82) is 0 Å². The van der Waals surface area contributed by atoms with E-state index >= 15 is 0 Å². The lowest BCUT2D eigenvalue weighted by Gasteiger charge is -2.26. The molecule has 1 fully saturated rings. The maximum absolute atomic E-state index is 11.6. The van der Waals surface area contributed by atoms with Crippen LogP contribution in [0.3, 0.4) is 0 Å². The molecule has 0 aromatic carbocycles. The summed E-state index contributed by atoms with van der Waals surface area (Å²) in [6, 6.07) is 0.300. The van der Waals surface area contributed by atoms with Gasteiger partial charge in [-0.05, 0) is 46.5 Å². The van der Waals surface area contributed by atoms with Crippen molar-refractivity contribution >= 4 is 10.2 Å². The summed E-state index contributed by atoms with van der Waals surface area (Å²) in [6.45, 7) is 6.08. The number of ether oxygens (including phenoxy) is 1. The van der Waals surface area contributed by atoms with Gasteiger partial charge in [0.15, 0.2) is 0 Å². The van der Waals surface area contributed by atoms with Crippen LogP contribution in [0.1, 0.15) is 46.5 Å². The van der Waals surface area contributed by atoms with E-state index < -0.39 is 15.7 Å². The van der Waals surface area contributed by atoms with Crippen molar-refractivity contribution in [2.45, 2.75) is 64.1 Å². The van der Waals surface area contributed by atoms with E-state index in [0.717, 1.165) is 25.7 Å². The van der Waals surface area contributed by atoms with Crippen molar-refractivity contribution in [3.8, 4) is 0 Å². The van der Waals surface area contributed by atoms with Gasteiger partial charge in [0.1, 0.15) is 0 Å². The third-order valence-corrected chi connectivity index (χ3v) is 4.37. The number of nitrogens with two attached hydrogens (primary N) is 1. The van der Waals surface area contributed by atoms with E-state index in [1.165, 1.54) is 0 Å². The van der Waals surface area contributed by atoms with Crippen LogP contribution in [-0.2, 0) is 14.9 Å². The average Bonchev–Trinajstić information content (AvgIpc) is 2.23. The van der Waals surface area contributed by atoms with Gasteiger partial charge in [0.05, 0.1) is 12.7 Å². The molecule has 19 heavy (non-hydrogen) atoms. The monoisotopic (exact) mass is 293 g/mol. The van der Waals surface area contributed by atoms with E-state index in [-0.39, 0.29) is 12.6 Å². The normalized spacial score (nSPS) is 25.5. The second-order valence-corrected chi connectivity index (χ2v) is 7.66. The molecule has 0 radical (unpaired) electrons. The zero-order chi connectivity index (χ0) is 14.5. The van der Waals surface area contributed by atoms with E-state index in [1.54, 1.807) is 20.8 Å². The quantitative estimate of drug-likeness (QED) is 0.622. The van der Waals surface area contributed by atoms with Crippen molar-refractivity contribution in [2.24, 2.45) is 5.73 Å². The summed E-state index contributed by atoms with van der Waals surface area (Å²) >= 11 is 0. The summed E-state index contributed by atoms with van der Waals surface area (Å²) in [5, 5.41) is 0. The Balaban J connectivity index is 2.17. The zero-order valence-corrected chi connectivity index (χ0v) is 12.9. The van der Waals surface area contributed by atoms with Gasteiger partial charge in [0.25, 0.3) is 10.2 Å². The lowest BCUT2D eigenvalue weighted by atomic mass is 9.94. The van der Waals surface area contributed by atoms with Crippen molar-refractivity contribution in [1.82, 2.24) is 9.44 Å². The van der Waals surface area contributed by atoms with Crippen LogP contribution in [0.5, 0.6) is 0 Å². The molecule has 1 rings (SSSR count). The van der Waals surface area contributed by atoms with Crippen LogP contribution < -0.4 is 15.2 Å². The Hall–Kier alpha value is -0.210. The summed E-state index contributed by atoms with van der Waals surface area (Å²) in [5.41, 5.74) is 5.33. The highest BCUT2D eigenvalue weighted by atomic mass is 32.2. The largest absolute Gasteiger partial charge is 0.377 e. The smallest absolute Gasteiger partial charge is 0.277 e. The molecule has 1 saturated carbocycles. The van der Waals surface area contributed by atoms with Gasteiger partial charge in [-0.1, -0.05) is 0 Å². The van der Waals surface area contributed by atoms with Crippen molar-refractivity contribution in [3.63, 3.8) is 0 Å². The van der Waals surface area contributed by atoms with E-state index in [1.807, 2.05) is 0 Å². The van der Waals surface area contributed by atoms with Crippen LogP contribution in [0.25, 0.3) is 0 Å². The summed E-state index contributed by atoms with van der Waals surface area (Å²) in [6.07, 6.45) is 4.13. The molecule has 0 aromatic heterocycles. The summed E-state index contributed by atoms with van der Waals surface area (Å²) in [4.78, 5) is 0. The van der Waals surface area contributed by atoms with Gasteiger partial charge in [-0.15, -0.1) is 0 Å². The molecule has 0 saturated heterocycles. The first-order chi connectivity index (χ1) is 8.68. The fraction of sp³-hybridized carbons (Fsp3) is 1.00. The Bertz CT molecular complexity index is 357. The molecule has 0 bridgehead atoms. The third-order valence-electron chi connectivity index (χ3n) is 2.91. The van der Waals surface area contributed by atoms with Crippen LogP contribution in [0.4, 0.5) is 0 Å². The molecule has 7 heteroatoms. The van der Waals surface area contributed by atoms with Gasteiger partial charge in [-0.25, -0.2) is 0 Å². The van der Waals surface area contributed by atoms with E-state index in [0.29, 0.717) is 12.6 Å². The maximum Gasteiger partial charge on any atom is 0.277 e. The van der Waals surface area contributed by atoms with Crippen LogP contribution in [0, 0.1) is 0 Å². The van der Waals surface area contributed by atoms with Gasteiger partial charge >= 0.3 is 0 Å². The minimum absolute atomic E-state index is 0.222. The molecule has 0 amide bonds. The summed E-state index contributed by atoms with van der Waals surface area (Å²) < 4.78 is 33.9. The Morgan fingerprint density at radius 2 is 1.79 bits per heavy atom. The Labute approximate surface area is 116 Å². The van der Waals surface area contributed by atoms with Crippen molar-refractivity contribution in [2.75, 3.05) is 13.2 Å². The SMILES string of the molecule is CC(C)(C)NS(=O)(=O)NCCOC1CCC(N)CC1. The predicted molar refractivity (Wildman–Crippen MR) is 76.0 cm³/mol. The number of hydrogen-bond acceptors (Lipinski definition) is 4. The lowest BCUT2D eigenvalue weighted by molar-refractivity contribution is 0.0287. The molecule has 114 valence electrons. The average molecular weight is 293 g/mol. The first kappa shape index (κ1) is 16.8. The standard InChI is InChI=1S/C12H27N3O3S/c1-12(2,3)15-19(16,17)14-8-9-18-11-6-4-10(13)5-7-11/h10-11,14-15H,4-9,13H2,1-3H3. The molecule has 0 heterocycles. The molecule has 4 N–H and O–H groups in total. The van der Waals surface area contributed by atoms with Gasteiger partial charge in [0, 0.05) is 18.1 Å². The van der Waals surface area contributed by atoms with Crippen LogP contribution in [0.15, 0.2) is 0 Å². The Morgan fingerprint density at radius 3 is 2.32 bits per heavy atom. The minimum atomic E-state index is -3.45. The molecular weight excluding hydrogens is 266 g/mol. The highest BCUT2D eigenvalue weighted by Gasteiger charge is 2.20. The third kappa shape index (κ3) is 7.84. The first-order valence-electron chi connectivity index (χ1n) is 6.84. The van der Waals surface area contributed by atoms with Crippen LogP contribution >= 0.6 is 0 Å². The van der Waals surface area contributed by atoms with Gasteiger partial charge in [0.2, 0.25) is 0 Å². The predicted octanol–water partition coefficient (Wildman–Crippen LogP) is 0.495. The topological polar surface area (TPSA) is 93.5 Å². The Morgan fingerprint density at radius 1 is 1.21 bits per heavy atom. The molecule has 0 aromatic rings. The van der Waals surface area contributed by atoms with E-state index in [2.05, 4.69) is 9.44 Å². The van der Waals surface area contributed by atoms with Crippen molar-refractivity contribution < 1.29 is 13.2 Å². The molecule has 0 aliphatic heterocycles. The first-order valence-corrected chi connectivity index (χ1v) is 8.32. The van der Waals surface area contributed by atoms with Crippen LogP contribution in [-0.4, -0.2) is 39.3 Å². The summed E-state index contributed by atoms with van der Waals surface area (Å²) in [7, 11) is -3.45. The molecule has 6 nitrogen and oxygen atoms in total. The maximum atomic E-state index is 11.6. The fourth-order valence-corrected chi connectivity index (χ4v) is 3.33. The second-order valence-electron chi connectivity index (χ2n) is 6.16. The highest BCUT2D eigenvalue weighted by molar-refractivity contribution is 7.87. The van der Waals surface area contributed by atoms with Gasteiger partial charge in [-0.3, -0.25) is 0 Å². The van der Waals surface area contributed by atoms with Gasteiger partial charge < -0.3 is 10.5 Å². The molecule has 0 atom stereocenters. The number of hydrogen-bond donors (Lipinski definition) is 3. The second kappa shape index (κ2) is 6.99. The van der Waals surface area contributed by atoms with E-state index in [9.17, 15) is 8.42 Å². The minimum Gasteiger partial charge on any atom is -0.377 e. The molecule has 1 aliphatic rings. The number of nitrogens with one attached hydrogen (secondary N) is 2. The number of rotatable bonds is 6. The van der Waals surface area contributed by atoms with Gasteiger partial charge in [-0.2, -0.15) is 17.9 Å². The Kier molecular flexibility index (Phi) is 6.19. The van der Waals surface area contributed by atoms with Crippen LogP contribution in [0.2, 0.25) is 0 Å². The zero-order valence-electron chi connectivity index (χ0n) is 12.1. The molecular formula is C12H27N3O3S. The fourth-order valence-electron chi connectivity index (χ4n) is 2.10. The highest BCUT2D eigenvalue weighted by Crippen LogP contribution is 2.19. The molecule has 0 unspecified atom stereocenters. The van der Waals surface area contributed by atoms with E-state index in [4.69, 9.17) is 10.5 Å². The molecule has 0 spiro atoms. The molecule has 1 aliphatic carbocycles.